The minimum absolute atomic E-state index is 0.0990. The maximum atomic E-state index is 12.3. The Balaban J connectivity index is 1.91. The lowest BCUT2D eigenvalue weighted by molar-refractivity contribution is -0.173. The van der Waals surface area contributed by atoms with Crippen molar-refractivity contribution in [3.8, 4) is 0 Å². The Hall–Kier alpha value is -2.32. The molecule has 0 bridgehead atoms. The van der Waals surface area contributed by atoms with Gasteiger partial charge in [-0.2, -0.15) is 13.2 Å². The Bertz CT molecular complexity index is 678. The molecule has 0 spiro atoms. The predicted molar refractivity (Wildman–Crippen MR) is 91.9 cm³/mol. The van der Waals surface area contributed by atoms with Crippen molar-refractivity contribution in [2.24, 2.45) is 0 Å². The molecule has 1 fully saturated rings. The zero-order valence-electron chi connectivity index (χ0n) is 15.6. The minimum atomic E-state index is -4.90. The van der Waals surface area contributed by atoms with Gasteiger partial charge in [0.25, 0.3) is 0 Å². The highest BCUT2D eigenvalue weighted by Gasteiger charge is 2.38. The molecule has 1 saturated heterocycles. The number of nitrogens with one attached hydrogen (secondary N) is 1. The van der Waals surface area contributed by atoms with E-state index in [0.717, 1.165) is 5.69 Å². The summed E-state index contributed by atoms with van der Waals surface area (Å²) in [5.41, 5.74) is 0.745. The number of rotatable bonds is 3. The van der Waals surface area contributed by atoms with Crippen LogP contribution in [0.2, 0.25) is 0 Å². The summed E-state index contributed by atoms with van der Waals surface area (Å²) in [6.45, 7) is 6.26. The second-order valence-electron chi connectivity index (χ2n) is 7.51. The summed E-state index contributed by atoms with van der Waals surface area (Å²) >= 11 is 0. The van der Waals surface area contributed by atoms with Crippen LogP contribution in [0, 0.1) is 0 Å². The molecule has 0 atom stereocenters. The zero-order chi connectivity index (χ0) is 20.2. The molecule has 0 aliphatic carbocycles. The van der Waals surface area contributed by atoms with Crippen LogP contribution in [-0.4, -0.2) is 46.8 Å². The molecule has 6 nitrogen and oxygen atoms in total. The Labute approximate surface area is 156 Å². The smallest absolute Gasteiger partial charge is 0.444 e. The van der Waals surface area contributed by atoms with E-state index in [1.165, 1.54) is 6.20 Å². The number of carbonyl (C=O) groups is 2. The van der Waals surface area contributed by atoms with Gasteiger partial charge in [-0.3, -0.25) is 9.78 Å². The summed E-state index contributed by atoms with van der Waals surface area (Å²) in [6, 6.07) is 3.26. The molecule has 2 rings (SSSR count). The molecule has 1 aromatic rings. The Morgan fingerprint density at radius 3 is 2.44 bits per heavy atom. The van der Waals surface area contributed by atoms with Crippen LogP contribution in [-0.2, 0) is 16.1 Å². The van der Waals surface area contributed by atoms with Crippen LogP contribution >= 0.6 is 0 Å². The van der Waals surface area contributed by atoms with Crippen LogP contribution in [0.3, 0.4) is 0 Å². The van der Waals surface area contributed by atoms with Crippen molar-refractivity contribution in [3.63, 3.8) is 0 Å². The van der Waals surface area contributed by atoms with E-state index >= 15 is 0 Å². The summed E-state index contributed by atoms with van der Waals surface area (Å²) < 4.78 is 42.1. The fourth-order valence-electron chi connectivity index (χ4n) is 2.79. The maximum Gasteiger partial charge on any atom is 0.471 e. The predicted octanol–water partition coefficient (Wildman–Crippen LogP) is 3.37. The van der Waals surface area contributed by atoms with Crippen LogP contribution in [0.5, 0.6) is 0 Å². The molecule has 1 aliphatic rings. The topological polar surface area (TPSA) is 71.5 Å². The van der Waals surface area contributed by atoms with E-state index in [2.05, 4.69) is 4.98 Å². The van der Waals surface area contributed by atoms with E-state index in [0.29, 0.717) is 31.5 Å². The number of pyridine rings is 1. The van der Waals surface area contributed by atoms with Gasteiger partial charge in [0.05, 0.1) is 0 Å². The van der Waals surface area contributed by atoms with Crippen molar-refractivity contribution < 1.29 is 27.5 Å². The first kappa shape index (κ1) is 21.0. The van der Waals surface area contributed by atoms with Gasteiger partial charge in [-0.1, -0.05) is 0 Å². The molecule has 1 aromatic heterocycles. The fraction of sp³-hybridized carbons (Fsp3) is 0.611. The quantitative estimate of drug-likeness (QED) is 0.863. The van der Waals surface area contributed by atoms with Crippen LogP contribution in [0.25, 0.3) is 0 Å². The Morgan fingerprint density at radius 2 is 1.89 bits per heavy atom. The van der Waals surface area contributed by atoms with Crippen molar-refractivity contribution in [1.82, 2.24) is 15.2 Å². The molecule has 1 aliphatic heterocycles. The number of amides is 2. The number of alkyl halides is 3. The summed E-state index contributed by atoms with van der Waals surface area (Å²) in [5, 5.41) is 1.85. The number of hydrogen-bond acceptors (Lipinski definition) is 4. The van der Waals surface area contributed by atoms with E-state index in [1.54, 1.807) is 17.0 Å². The van der Waals surface area contributed by atoms with E-state index in [9.17, 15) is 22.8 Å². The average molecular weight is 387 g/mol. The highest BCUT2D eigenvalue weighted by atomic mass is 19.4. The number of hydrogen-bond donors (Lipinski definition) is 1. The minimum Gasteiger partial charge on any atom is -0.444 e. The van der Waals surface area contributed by atoms with Gasteiger partial charge >= 0.3 is 18.2 Å². The average Bonchev–Trinajstić information content (AvgIpc) is 2.57. The molecular formula is C18H24F3N3O3. The molecule has 150 valence electrons. The molecule has 0 radical (unpaired) electrons. The van der Waals surface area contributed by atoms with E-state index in [-0.39, 0.29) is 18.6 Å². The van der Waals surface area contributed by atoms with E-state index in [4.69, 9.17) is 4.74 Å². The molecular weight excluding hydrogens is 363 g/mol. The number of halogens is 3. The second-order valence-corrected chi connectivity index (χ2v) is 7.51. The van der Waals surface area contributed by atoms with Crippen molar-refractivity contribution >= 4 is 12.0 Å². The molecule has 2 amide bonds. The number of ether oxygens (including phenoxy) is 1. The van der Waals surface area contributed by atoms with Gasteiger partial charge < -0.3 is 15.0 Å². The van der Waals surface area contributed by atoms with Gasteiger partial charge in [0, 0.05) is 37.4 Å². The van der Waals surface area contributed by atoms with Crippen molar-refractivity contribution in [3.05, 3.63) is 29.6 Å². The molecule has 1 N–H and O–H groups in total. The van der Waals surface area contributed by atoms with Crippen LogP contribution in [0.4, 0.5) is 18.0 Å². The Kier molecular flexibility index (Phi) is 6.33. The van der Waals surface area contributed by atoms with Crippen molar-refractivity contribution in [2.45, 2.75) is 57.9 Å². The van der Waals surface area contributed by atoms with Crippen LogP contribution < -0.4 is 5.32 Å². The molecule has 0 aromatic carbocycles. The number of nitrogens with zero attached hydrogens (tertiary/aromatic N) is 2. The van der Waals surface area contributed by atoms with Crippen LogP contribution in [0.15, 0.2) is 18.3 Å². The van der Waals surface area contributed by atoms with Gasteiger partial charge in [-0.05, 0) is 51.3 Å². The van der Waals surface area contributed by atoms with E-state index in [1.807, 2.05) is 26.1 Å². The van der Waals surface area contributed by atoms with E-state index < -0.39 is 17.7 Å². The van der Waals surface area contributed by atoms with Gasteiger partial charge in [-0.15, -0.1) is 0 Å². The summed E-state index contributed by atoms with van der Waals surface area (Å²) in [6.07, 6.45) is -2.36. The molecule has 0 unspecified atom stereocenters. The largest absolute Gasteiger partial charge is 0.471 e. The summed E-state index contributed by atoms with van der Waals surface area (Å²) in [7, 11) is 0. The first-order chi connectivity index (χ1) is 12.5. The van der Waals surface area contributed by atoms with Gasteiger partial charge in [0.15, 0.2) is 0 Å². The monoisotopic (exact) mass is 387 g/mol. The normalized spacial score (nSPS) is 16.1. The lowest BCUT2D eigenvalue weighted by Crippen LogP contribution is -2.41. The lowest BCUT2D eigenvalue weighted by Gasteiger charge is -2.33. The lowest BCUT2D eigenvalue weighted by atomic mass is 9.92. The third-order valence-corrected chi connectivity index (χ3v) is 4.12. The molecule has 9 heteroatoms. The summed E-state index contributed by atoms with van der Waals surface area (Å²) in [5.74, 6) is -1.87. The van der Waals surface area contributed by atoms with Gasteiger partial charge in [-0.25, -0.2) is 4.79 Å². The first-order valence-electron chi connectivity index (χ1n) is 8.73. The number of carbonyl (C=O) groups excluding carboxylic acids is 2. The standard InChI is InChI=1S/C18H24F3N3O3/c1-17(2,3)27-16(26)24-8-5-13(6-9-24)14-10-12(4-7-22-14)11-23-15(25)18(19,20)21/h4,7,10,13H,5-6,8-9,11H2,1-3H3,(H,23,25). The number of likely N-dealkylation sites (tertiary alicyclic amines) is 1. The molecule has 27 heavy (non-hydrogen) atoms. The first-order valence-corrected chi connectivity index (χ1v) is 8.73. The molecule has 0 saturated carbocycles. The third kappa shape index (κ3) is 6.41. The highest BCUT2D eigenvalue weighted by molar-refractivity contribution is 5.81. The number of piperidine rings is 1. The fourth-order valence-corrected chi connectivity index (χ4v) is 2.79. The van der Waals surface area contributed by atoms with Gasteiger partial charge in [0.1, 0.15) is 5.60 Å². The zero-order valence-corrected chi connectivity index (χ0v) is 15.6. The second kappa shape index (κ2) is 8.14. The van der Waals surface area contributed by atoms with Crippen molar-refractivity contribution in [1.29, 1.82) is 0 Å². The summed E-state index contributed by atoms with van der Waals surface area (Å²) in [4.78, 5) is 29.0. The number of aromatic nitrogens is 1. The highest BCUT2D eigenvalue weighted by Crippen LogP contribution is 2.28. The molecule has 2 heterocycles. The van der Waals surface area contributed by atoms with Gasteiger partial charge in [0.2, 0.25) is 0 Å². The Morgan fingerprint density at radius 1 is 1.26 bits per heavy atom. The maximum absolute atomic E-state index is 12.3. The van der Waals surface area contributed by atoms with Crippen molar-refractivity contribution in [2.75, 3.05) is 13.1 Å². The van der Waals surface area contributed by atoms with Crippen LogP contribution in [0.1, 0.15) is 50.8 Å². The SMILES string of the molecule is CC(C)(C)OC(=O)N1CCC(c2cc(CNC(=O)C(F)(F)F)ccn2)CC1. The third-order valence-electron chi connectivity index (χ3n) is 4.12.